The zero-order valence-corrected chi connectivity index (χ0v) is 12.1. The molecule has 0 heterocycles. The molecule has 1 unspecified atom stereocenters. The quantitative estimate of drug-likeness (QED) is 0.483. The number of hydrogen-bond donors (Lipinski definition) is 0. The van der Waals surface area contributed by atoms with Crippen molar-refractivity contribution in [1.29, 1.82) is 0 Å². The zero-order valence-electron chi connectivity index (χ0n) is 12.1. The van der Waals surface area contributed by atoms with E-state index in [2.05, 4.69) is 41.5 Å². The van der Waals surface area contributed by atoms with Crippen LogP contribution in [0.1, 0.15) is 86.5 Å². The van der Waals surface area contributed by atoms with Gasteiger partial charge in [-0.15, -0.1) is 0 Å². The summed E-state index contributed by atoms with van der Waals surface area (Å²) in [5, 5.41) is 0. The molecule has 0 aliphatic heterocycles. The highest BCUT2D eigenvalue weighted by molar-refractivity contribution is 4.60. The van der Waals surface area contributed by atoms with Crippen molar-refractivity contribution < 1.29 is 0 Å². The first-order valence-corrected chi connectivity index (χ1v) is 7.15. The maximum atomic E-state index is 2.37. The van der Waals surface area contributed by atoms with Gasteiger partial charge in [-0.05, 0) is 18.3 Å². The van der Waals surface area contributed by atoms with Crippen LogP contribution in [0.5, 0.6) is 0 Å². The van der Waals surface area contributed by atoms with Gasteiger partial charge in [0, 0.05) is 0 Å². The Kier molecular flexibility index (Phi) is 16.2. The topological polar surface area (TPSA) is 0 Å². The third-order valence-electron chi connectivity index (χ3n) is 3.21. The maximum Gasteiger partial charge on any atom is -0.0414 e. The molecule has 0 aromatic heterocycles. The Morgan fingerprint density at radius 1 is 0.733 bits per heavy atom. The van der Waals surface area contributed by atoms with E-state index in [9.17, 15) is 0 Å². The first kappa shape index (κ1) is 17.4. The van der Waals surface area contributed by atoms with E-state index in [0.29, 0.717) is 0 Å². The van der Waals surface area contributed by atoms with Gasteiger partial charge in [-0.3, -0.25) is 0 Å². The average Bonchev–Trinajstić information content (AvgIpc) is 2.28. The molecule has 0 bridgehead atoms. The Morgan fingerprint density at radius 3 is 1.53 bits per heavy atom. The minimum Gasteiger partial charge on any atom is -0.0654 e. The summed E-state index contributed by atoms with van der Waals surface area (Å²) in [6.07, 6.45) is 9.59. The van der Waals surface area contributed by atoms with E-state index in [1.807, 2.05) is 0 Å². The van der Waals surface area contributed by atoms with Gasteiger partial charge in [0.25, 0.3) is 0 Å². The van der Waals surface area contributed by atoms with Gasteiger partial charge in [0.1, 0.15) is 0 Å². The lowest BCUT2D eigenvalue weighted by Gasteiger charge is -2.17. The Labute approximate surface area is 98.9 Å². The summed E-state index contributed by atoms with van der Waals surface area (Å²) in [6, 6.07) is 0. The van der Waals surface area contributed by atoms with E-state index < -0.39 is 0 Å². The third kappa shape index (κ3) is 14.0. The molecule has 0 saturated heterocycles. The van der Waals surface area contributed by atoms with Crippen LogP contribution in [0.2, 0.25) is 0 Å². The van der Waals surface area contributed by atoms with Gasteiger partial charge in [-0.25, -0.2) is 0 Å². The predicted molar refractivity (Wildman–Crippen MR) is 73.3 cm³/mol. The van der Waals surface area contributed by atoms with Crippen LogP contribution in [0.4, 0.5) is 0 Å². The van der Waals surface area contributed by atoms with Crippen molar-refractivity contribution >= 4 is 0 Å². The molecule has 0 aromatic carbocycles. The van der Waals surface area contributed by atoms with Crippen LogP contribution < -0.4 is 0 Å². The number of hydrogen-bond acceptors (Lipinski definition) is 0. The second kappa shape index (κ2) is 14.0. The first-order chi connectivity index (χ1) is 7.15. The van der Waals surface area contributed by atoms with Crippen molar-refractivity contribution in [1.82, 2.24) is 0 Å². The molecule has 0 heteroatoms. The Bertz CT molecular complexity index is 94.2. The molecule has 0 nitrogen and oxygen atoms in total. The highest BCUT2D eigenvalue weighted by Gasteiger charge is 2.08. The van der Waals surface area contributed by atoms with E-state index in [1.165, 1.54) is 44.9 Å². The molecular formula is C15H34. The molecular weight excluding hydrogens is 180 g/mol. The van der Waals surface area contributed by atoms with E-state index in [-0.39, 0.29) is 0 Å². The fourth-order valence-electron chi connectivity index (χ4n) is 1.63. The van der Waals surface area contributed by atoms with Crippen molar-refractivity contribution in [2.45, 2.75) is 86.5 Å². The van der Waals surface area contributed by atoms with Crippen LogP contribution in [0.15, 0.2) is 0 Å². The number of rotatable bonds is 7. The molecule has 0 amide bonds. The van der Waals surface area contributed by atoms with Crippen molar-refractivity contribution in [2.24, 2.45) is 11.8 Å². The largest absolute Gasteiger partial charge is 0.0654 e. The average molecular weight is 214 g/mol. The van der Waals surface area contributed by atoms with Crippen LogP contribution in [0, 0.1) is 11.8 Å². The van der Waals surface area contributed by atoms with Gasteiger partial charge in [0.15, 0.2) is 0 Å². The lowest BCUT2D eigenvalue weighted by atomic mass is 9.89. The molecule has 0 spiro atoms. The molecule has 0 saturated carbocycles. The van der Waals surface area contributed by atoms with Gasteiger partial charge in [0.2, 0.25) is 0 Å². The fraction of sp³-hybridized carbons (Fsp3) is 1.00. The smallest absolute Gasteiger partial charge is 0.0414 e. The highest BCUT2D eigenvalue weighted by Crippen LogP contribution is 2.21. The van der Waals surface area contributed by atoms with Gasteiger partial charge in [-0.1, -0.05) is 80.1 Å². The second-order valence-electron chi connectivity index (χ2n) is 4.81. The summed E-state index contributed by atoms with van der Waals surface area (Å²) in [6.45, 7) is 13.6. The Morgan fingerprint density at radius 2 is 1.27 bits per heavy atom. The minimum absolute atomic E-state index is 0.937. The highest BCUT2D eigenvalue weighted by atomic mass is 14.1. The van der Waals surface area contributed by atoms with Gasteiger partial charge in [0.05, 0.1) is 0 Å². The molecule has 0 N–H and O–H groups in total. The molecule has 15 heavy (non-hydrogen) atoms. The normalized spacial score (nSPS) is 14.0. The summed E-state index contributed by atoms with van der Waals surface area (Å²) in [5.74, 6) is 1.93. The summed E-state index contributed by atoms with van der Waals surface area (Å²) in [4.78, 5) is 0. The summed E-state index contributed by atoms with van der Waals surface area (Å²) >= 11 is 0. The fourth-order valence-corrected chi connectivity index (χ4v) is 1.63. The molecule has 0 radical (unpaired) electrons. The van der Waals surface area contributed by atoms with Gasteiger partial charge in [-0.2, -0.15) is 0 Å². The lowest BCUT2D eigenvalue weighted by Crippen LogP contribution is -2.04. The van der Waals surface area contributed by atoms with E-state index in [0.717, 1.165) is 11.8 Å². The molecule has 0 fully saturated rings. The predicted octanol–water partition coefficient (Wildman–Crippen LogP) is 6.06. The third-order valence-corrected chi connectivity index (χ3v) is 3.21. The van der Waals surface area contributed by atoms with Crippen LogP contribution in [-0.4, -0.2) is 0 Å². The standard InChI is InChI=1S/C11H24.C4H10/c1-5-8-11(7-3)9-10(4)6-2;1-3-4-2/h10-11H,5-9H2,1-4H3;3-4H2,1-2H3/t10?,11-;/m1./s1. The van der Waals surface area contributed by atoms with Crippen LogP contribution >= 0.6 is 0 Å². The monoisotopic (exact) mass is 214 g/mol. The van der Waals surface area contributed by atoms with Crippen molar-refractivity contribution in [2.75, 3.05) is 0 Å². The summed E-state index contributed by atoms with van der Waals surface area (Å²) < 4.78 is 0. The summed E-state index contributed by atoms with van der Waals surface area (Å²) in [5.41, 5.74) is 0. The Balaban J connectivity index is 0. The first-order valence-electron chi connectivity index (χ1n) is 7.15. The molecule has 2 atom stereocenters. The van der Waals surface area contributed by atoms with E-state index in [4.69, 9.17) is 0 Å². The van der Waals surface area contributed by atoms with E-state index in [1.54, 1.807) is 0 Å². The van der Waals surface area contributed by atoms with Crippen LogP contribution in [0.25, 0.3) is 0 Å². The minimum atomic E-state index is 0.937. The van der Waals surface area contributed by atoms with Gasteiger partial charge >= 0.3 is 0 Å². The second-order valence-corrected chi connectivity index (χ2v) is 4.81. The number of unbranched alkanes of at least 4 members (excludes halogenated alkanes) is 1. The zero-order chi connectivity index (χ0) is 12.1. The van der Waals surface area contributed by atoms with Crippen molar-refractivity contribution in [3.8, 4) is 0 Å². The van der Waals surface area contributed by atoms with E-state index >= 15 is 0 Å². The maximum absolute atomic E-state index is 2.37. The summed E-state index contributed by atoms with van der Waals surface area (Å²) in [7, 11) is 0. The molecule has 0 aromatic rings. The van der Waals surface area contributed by atoms with Crippen molar-refractivity contribution in [3.05, 3.63) is 0 Å². The SMILES string of the molecule is CCCC.CCC[C@@H](CC)CC(C)CC. The molecule has 0 rings (SSSR count). The van der Waals surface area contributed by atoms with Gasteiger partial charge < -0.3 is 0 Å². The molecule has 94 valence electrons. The van der Waals surface area contributed by atoms with Crippen LogP contribution in [0.3, 0.4) is 0 Å². The molecule has 0 aliphatic rings. The lowest BCUT2D eigenvalue weighted by molar-refractivity contribution is 0.352. The van der Waals surface area contributed by atoms with Crippen LogP contribution in [-0.2, 0) is 0 Å². The Hall–Kier alpha value is 0. The molecule has 0 aliphatic carbocycles. The van der Waals surface area contributed by atoms with Crippen molar-refractivity contribution in [3.63, 3.8) is 0 Å².